The van der Waals surface area contributed by atoms with Gasteiger partial charge in [0.25, 0.3) is 0 Å². The number of rotatable bonds is 6. The van der Waals surface area contributed by atoms with Crippen LogP contribution in [0.5, 0.6) is 5.75 Å². The number of nitrogens with zero attached hydrogens (tertiary/aromatic N) is 1. The molecule has 2 rings (SSSR count). The first-order valence-corrected chi connectivity index (χ1v) is 7.30. The van der Waals surface area contributed by atoms with Crippen LogP contribution < -0.4 is 10.1 Å². The van der Waals surface area contributed by atoms with Gasteiger partial charge >= 0.3 is 6.18 Å². The van der Waals surface area contributed by atoms with Crippen LogP contribution in [0.2, 0.25) is 0 Å². The highest BCUT2D eigenvalue weighted by molar-refractivity contribution is 7.09. The molecule has 0 aliphatic heterocycles. The van der Waals surface area contributed by atoms with Gasteiger partial charge in [-0.2, -0.15) is 13.2 Å². The van der Waals surface area contributed by atoms with Gasteiger partial charge in [0.1, 0.15) is 17.4 Å². The summed E-state index contributed by atoms with van der Waals surface area (Å²) in [6, 6.07) is 4.12. The molecule has 1 heterocycles. The average Bonchev–Trinajstić information content (AvgIpc) is 2.95. The lowest BCUT2D eigenvalue weighted by atomic mass is 10.1. The van der Waals surface area contributed by atoms with E-state index in [0.717, 1.165) is 6.07 Å². The minimum absolute atomic E-state index is 0.0350. The predicted molar refractivity (Wildman–Crippen MR) is 75.3 cm³/mol. The van der Waals surface area contributed by atoms with Crippen LogP contribution in [-0.2, 0) is 19.3 Å². The predicted octanol–water partition coefficient (Wildman–Crippen LogP) is 3.85. The van der Waals surface area contributed by atoms with Crippen molar-refractivity contribution in [2.75, 3.05) is 6.54 Å². The standard InChI is InChI=1S/C14H15F3N2OS/c1-2-18-8-10-3-4-12(11(7-10)14(15,16)17)20-9-13-19-5-6-21-13/h3-7,18H,2,8-9H2,1H3. The fraction of sp³-hybridized carbons (Fsp3) is 0.357. The SMILES string of the molecule is CCNCc1ccc(OCc2nccs2)c(C(F)(F)F)c1. The smallest absolute Gasteiger partial charge is 0.419 e. The van der Waals surface area contributed by atoms with E-state index < -0.39 is 11.7 Å². The Balaban J connectivity index is 2.18. The topological polar surface area (TPSA) is 34.1 Å². The maximum absolute atomic E-state index is 13.1. The minimum atomic E-state index is -4.44. The average molecular weight is 316 g/mol. The first kappa shape index (κ1) is 15.8. The number of nitrogens with one attached hydrogen (secondary N) is 1. The Morgan fingerprint density at radius 2 is 2.14 bits per heavy atom. The summed E-state index contributed by atoms with van der Waals surface area (Å²) in [5.74, 6) is -0.169. The number of halogens is 3. The molecule has 0 saturated carbocycles. The van der Waals surface area contributed by atoms with E-state index in [1.165, 1.54) is 17.4 Å². The van der Waals surface area contributed by atoms with Crippen LogP contribution >= 0.6 is 11.3 Å². The molecule has 1 N–H and O–H groups in total. The van der Waals surface area contributed by atoms with E-state index in [4.69, 9.17) is 4.74 Å². The lowest BCUT2D eigenvalue weighted by Crippen LogP contribution is -2.14. The molecule has 7 heteroatoms. The van der Waals surface area contributed by atoms with Crippen molar-refractivity contribution >= 4 is 11.3 Å². The molecule has 0 spiro atoms. The molecule has 0 radical (unpaired) electrons. The van der Waals surface area contributed by atoms with Crippen LogP contribution in [0.1, 0.15) is 23.1 Å². The second-order valence-corrected chi connectivity index (χ2v) is 5.30. The van der Waals surface area contributed by atoms with Gasteiger partial charge in [0.2, 0.25) is 0 Å². The number of alkyl halides is 3. The quantitative estimate of drug-likeness (QED) is 0.879. The Kier molecular flexibility index (Phi) is 5.19. The van der Waals surface area contributed by atoms with Gasteiger partial charge in [-0.1, -0.05) is 13.0 Å². The van der Waals surface area contributed by atoms with E-state index in [1.807, 2.05) is 6.92 Å². The molecule has 21 heavy (non-hydrogen) atoms. The van der Waals surface area contributed by atoms with Gasteiger partial charge in [0.15, 0.2) is 0 Å². The molecule has 0 amide bonds. The highest BCUT2D eigenvalue weighted by Crippen LogP contribution is 2.37. The summed E-state index contributed by atoms with van der Waals surface area (Å²) in [6.45, 7) is 3.03. The molecule has 0 saturated heterocycles. The normalized spacial score (nSPS) is 11.6. The van der Waals surface area contributed by atoms with Crippen molar-refractivity contribution in [3.63, 3.8) is 0 Å². The van der Waals surface area contributed by atoms with Crippen molar-refractivity contribution in [2.45, 2.75) is 26.3 Å². The van der Waals surface area contributed by atoms with Crippen molar-refractivity contribution in [1.29, 1.82) is 0 Å². The van der Waals surface area contributed by atoms with E-state index in [9.17, 15) is 13.2 Å². The van der Waals surface area contributed by atoms with Crippen molar-refractivity contribution < 1.29 is 17.9 Å². The van der Waals surface area contributed by atoms with Crippen molar-refractivity contribution in [3.05, 3.63) is 45.9 Å². The summed E-state index contributed by atoms with van der Waals surface area (Å²) in [7, 11) is 0. The zero-order chi connectivity index (χ0) is 15.3. The minimum Gasteiger partial charge on any atom is -0.486 e. The third kappa shape index (κ3) is 4.44. The number of hydrogen-bond acceptors (Lipinski definition) is 4. The van der Waals surface area contributed by atoms with Gasteiger partial charge in [-0.15, -0.1) is 11.3 Å². The summed E-state index contributed by atoms with van der Waals surface area (Å²) in [5, 5.41) is 5.39. The Morgan fingerprint density at radius 3 is 2.76 bits per heavy atom. The van der Waals surface area contributed by atoms with Crippen LogP contribution in [0.4, 0.5) is 13.2 Å². The monoisotopic (exact) mass is 316 g/mol. The summed E-state index contributed by atoms with van der Waals surface area (Å²) >= 11 is 1.34. The number of ether oxygens (including phenoxy) is 1. The van der Waals surface area contributed by atoms with E-state index in [1.54, 1.807) is 17.6 Å². The Labute approximate surface area is 124 Å². The third-order valence-corrected chi connectivity index (χ3v) is 3.52. The summed E-state index contributed by atoms with van der Waals surface area (Å²) < 4.78 is 44.6. The van der Waals surface area contributed by atoms with Gasteiger partial charge in [-0.05, 0) is 24.2 Å². The molecule has 0 bridgehead atoms. The summed E-state index contributed by atoms with van der Waals surface area (Å²) in [4.78, 5) is 3.98. The lowest BCUT2D eigenvalue weighted by Gasteiger charge is -2.15. The number of thiazole rings is 1. The van der Waals surface area contributed by atoms with Gasteiger partial charge in [0, 0.05) is 18.1 Å². The van der Waals surface area contributed by atoms with Crippen LogP contribution in [0, 0.1) is 0 Å². The molecule has 0 fully saturated rings. The molecule has 114 valence electrons. The van der Waals surface area contributed by atoms with E-state index in [2.05, 4.69) is 10.3 Å². The second-order valence-electron chi connectivity index (χ2n) is 4.32. The van der Waals surface area contributed by atoms with E-state index in [0.29, 0.717) is 23.7 Å². The van der Waals surface area contributed by atoms with Gasteiger partial charge < -0.3 is 10.1 Å². The molecule has 0 unspecified atom stereocenters. The van der Waals surface area contributed by atoms with Crippen LogP contribution in [-0.4, -0.2) is 11.5 Å². The van der Waals surface area contributed by atoms with Crippen molar-refractivity contribution in [3.8, 4) is 5.75 Å². The van der Waals surface area contributed by atoms with Crippen molar-refractivity contribution in [1.82, 2.24) is 10.3 Å². The van der Waals surface area contributed by atoms with Gasteiger partial charge in [-0.25, -0.2) is 4.98 Å². The van der Waals surface area contributed by atoms with Gasteiger partial charge in [0.05, 0.1) is 5.56 Å². The molecular weight excluding hydrogens is 301 g/mol. The summed E-state index contributed by atoms with van der Waals surface area (Å²) in [6.07, 6.45) is -2.85. The molecule has 0 aliphatic carbocycles. The van der Waals surface area contributed by atoms with E-state index >= 15 is 0 Å². The number of aromatic nitrogens is 1. The molecular formula is C14H15F3N2OS. The maximum Gasteiger partial charge on any atom is 0.419 e. The highest BCUT2D eigenvalue weighted by Gasteiger charge is 2.34. The molecule has 2 aromatic rings. The Bertz CT molecular complexity index is 570. The molecule has 0 aliphatic rings. The maximum atomic E-state index is 13.1. The lowest BCUT2D eigenvalue weighted by molar-refractivity contribution is -0.139. The highest BCUT2D eigenvalue weighted by atomic mass is 32.1. The zero-order valence-corrected chi connectivity index (χ0v) is 12.2. The first-order valence-electron chi connectivity index (χ1n) is 6.42. The third-order valence-electron chi connectivity index (χ3n) is 2.76. The van der Waals surface area contributed by atoms with Gasteiger partial charge in [-0.3, -0.25) is 0 Å². The second kappa shape index (κ2) is 6.91. The first-order chi connectivity index (χ1) is 10.0. The molecule has 1 aromatic carbocycles. The van der Waals surface area contributed by atoms with Crippen LogP contribution in [0.3, 0.4) is 0 Å². The molecule has 1 aromatic heterocycles. The van der Waals surface area contributed by atoms with Crippen LogP contribution in [0.25, 0.3) is 0 Å². The molecule has 3 nitrogen and oxygen atoms in total. The fourth-order valence-corrected chi connectivity index (χ4v) is 2.30. The Morgan fingerprint density at radius 1 is 1.33 bits per heavy atom. The van der Waals surface area contributed by atoms with Crippen molar-refractivity contribution in [2.24, 2.45) is 0 Å². The zero-order valence-electron chi connectivity index (χ0n) is 11.4. The summed E-state index contributed by atoms with van der Waals surface area (Å²) in [5.41, 5.74) is -0.180. The Hall–Kier alpha value is -1.60. The largest absolute Gasteiger partial charge is 0.486 e. The van der Waals surface area contributed by atoms with E-state index in [-0.39, 0.29) is 12.4 Å². The number of benzene rings is 1. The fourth-order valence-electron chi connectivity index (χ4n) is 1.77. The number of hydrogen-bond donors (Lipinski definition) is 1. The van der Waals surface area contributed by atoms with Crippen LogP contribution in [0.15, 0.2) is 29.8 Å². The molecule has 0 atom stereocenters.